The maximum Gasteiger partial charge on any atom is 0.355 e. The van der Waals surface area contributed by atoms with Crippen molar-refractivity contribution in [3.05, 3.63) is 34.5 Å². The van der Waals surface area contributed by atoms with Crippen molar-refractivity contribution in [3.8, 4) is 0 Å². The summed E-state index contributed by atoms with van der Waals surface area (Å²) in [5, 5.41) is 17.6. The van der Waals surface area contributed by atoms with Crippen LogP contribution in [0.4, 0.5) is 0 Å². The number of aromatic nitrogens is 3. The number of hydrogen-bond acceptors (Lipinski definition) is 5. The molecule has 0 fully saturated rings. The van der Waals surface area contributed by atoms with Crippen LogP contribution in [-0.2, 0) is 17.8 Å². The number of amides is 1. The molecule has 2 N–H and O–H groups in total. The molecule has 0 spiro atoms. The van der Waals surface area contributed by atoms with E-state index < -0.39 is 5.97 Å². The van der Waals surface area contributed by atoms with Crippen molar-refractivity contribution < 1.29 is 14.7 Å². The van der Waals surface area contributed by atoms with Gasteiger partial charge in [0.15, 0.2) is 5.69 Å². The first-order valence-corrected chi connectivity index (χ1v) is 6.45. The van der Waals surface area contributed by atoms with Gasteiger partial charge in [0.1, 0.15) is 6.54 Å². The molecule has 0 radical (unpaired) electrons. The number of carbonyl (C=O) groups is 2. The minimum atomic E-state index is -1.04. The lowest BCUT2D eigenvalue weighted by atomic mass is 10.4. The highest BCUT2D eigenvalue weighted by atomic mass is 32.1. The first kappa shape index (κ1) is 13.2. The first-order valence-electron chi connectivity index (χ1n) is 5.57. The zero-order valence-corrected chi connectivity index (χ0v) is 10.8. The van der Waals surface area contributed by atoms with Crippen molar-refractivity contribution in [1.82, 2.24) is 20.1 Å². The second kappa shape index (κ2) is 6.10. The quantitative estimate of drug-likeness (QED) is 0.798. The molecule has 2 aromatic heterocycles. The van der Waals surface area contributed by atoms with Gasteiger partial charge in [0, 0.05) is 30.7 Å². The normalized spacial score (nSPS) is 10.3. The second-order valence-electron chi connectivity index (χ2n) is 3.74. The van der Waals surface area contributed by atoms with Crippen LogP contribution in [0.2, 0.25) is 0 Å². The van der Waals surface area contributed by atoms with Gasteiger partial charge in [-0.1, -0.05) is 0 Å². The van der Waals surface area contributed by atoms with Crippen LogP contribution < -0.4 is 5.32 Å². The van der Waals surface area contributed by atoms with Crippen molar-refractivity contribution in [2.45, 2.75) is 13.0 Å². The van der Waals surface area contributed by atoms with Crippen molar-refractivity contribution >= 4 is 23.2 Å². The Hall–Kier alpha value is -2.22. The molecule has 0 aliphatic rings. The molecule has 0 bridgehead atoms. The minimum absolute atomic E-state index is 0.0443. The zero-order chi connectivity index (χ0) is 13.7. The molecule has 0 saturated carbocycles. The summed E-state index contributed by atoms with van der Waals surface area (Å²) in [6, 6.07) is 1.75. The summed E-state index contributed by atoms with van der Waals surface area (Å²) in [5.41, 5.74) is 0.0443. The van der Waals surface area contributed by atoms with Gasteiger partial charge in [-0.15, -0.1) is 11.3 Å². The standard InChI is InChI=1S/C11H12N4O3S/c16-9(6-15-5-1-3-13-15)12-4-2-10-14-8(7-19-10)11(17)18/h1,3,5,7H,2,4,6H2,(H,12,16)(H,17,18). The maximum absolute atomic E-state index is 11.5. The molecular formula is C11H12N4O3S. The number of thiazole rings is 1. The van der Waals surface area contributed by atoms with E-state index >= 15 is 0 Å². The third-order valence-corrected chi connectivity index (χ3v) is 3.21. The molecule has 2 aromatic rings. The van der Waals surface area contributed by atoms with Crippen LogP contribution in [0.1, 0.15) is 15.5 Å². The lowest BCUT2D eigenvalue weighted by molar-refractivity contribution is -0.121. The van der Waals surface area contributed by atoms with Crippen molar-refractivity contribution in [1.29, 1.82) is 0 Å². The number of carbonyl (C=O) groups excluding carboxylic acids is 1. The van der Waals surface area contributed by atoms with Gasteiger partial charge in [-0.25, -0.2) is 9.78 Å². The third-order valence-electron chi connectivity index (χ3n) is 2.30. The summed E-state index contributed by atoms with van der Waals surface area (Å²) in [6.45, 7) is 0.595. The van der Waals surface area contributed by atoms with Gasteiger partial charge in [-0.3, -0.25) is 9.48 Å². The van der Waals surface area contributed by atoms with Gasteiger partial charge in [0.2, 0.25) is 5.91 Å². The Morgan fingerprint density at radius 2 is 2.32 bits per heavy atom. The van der Waals surface area contributed by atoms with Crippen LogP contribution in [0, 0.1) is 0 Å². The molecule has 100 valence electrons. The highest BCUT2D eigenvalue weighted by molar-refractivity contribution is 7.09. The molecule has 0 aliphatic heterocycles. The number of nitrogens with one attached hydrogen (secondary N) is 1. The predicted octanol–water partition coefficient (Wildman–Crippen LogP) is 0.397. The maximum atomic E-state index is 11.5. The fourth-order valence-corrected chi connectivity index (χ4v) is 2.20. The van der Waals surface area contributed by atoms with Crippen LogP contribution in [0.3, 0.4) is 0 Å². The van der Waals surface area contributed by atoms with Gasteiger partial charge < -0.3 is 10.4 Å². The highest BCUT2D eigenvalue weighted by Crippen LogP contribution is 2.09. The Morgan fingerprint density at radius 3 is 2.95 bits per heavy atom. The Balaban J connectivity index is 1.73. The number of aromatic carboxylic acids is 1. The molecule has 0 aromatic carbocycles. The van der Waals surface area contributed by atoms with Crippen LogP contribution in [0.25, 0.3) is 0 Å². The van der Waals surface area contributed by atoms with Gasteiger partial charge in [0.25, 0.3) is 0 Å². The number of rotatable bonds is 6. The van der Waals surface area contributed by atoms with E-state index in [2.05, 4.69) is 15.4 Å². The molecule has 1 amide bonds. The molecular weight excluding hydrogens is 268 g/mol. The predicted molar refractivity (Wildman–Crippen MR) is 68.0 cm³/mol. The summed E-state index contributed by atoms with van der Waals surface area (Å²) < 4.78 is 1.53. The van der Waals surface area contributed by atoms with E-state index in [0.29, 0.717) is 18.0 Å². The third kappa shape index (κ3) is 3.88. The summed E-state index contributed by atoms with van der Waals surface area (Å²) >= 11 is 1.27. The van der Waals surface area contributed by atoms with E-state index in [0.717, 1.165) is 0 Å². The van der Waals surface area contributed by atoms with Crippen LogP contribution in [-0.4, -0.2) is 38.3 Å². The van der Waals surface area contributed by atoms with Gasteiger partial charge in [0.05, 0.1) is 5.01 Å². The summed E-state index contributed by atoms with van der Waals surface area (Å²) in [7, 11) is 0. The summed E-state index contributed by atoms with van der Waals surface area (Å²) in [4.78, 5) is 26.1. The molecule has 0 saturated heterocycles. The van der Waals surface area contributed by atoms with Gasteiger partial charge in [-0.2, -0.15) is 5.10 Å². The number of nitrogens with zero attached hydrogens (tertiary/aromatic N) is 3. The topological polar surface area (TPSA) is 97.1 Å². The van der Waals surface area contributed by atoms with E-state index in [9.17, 15) is 9.59 Å². The van der Waals surface area contributed by atoms with Crippen molar-refractivity contribution in [2.24, 2.45) is 0 Å². The fraction of sp³-hybridized carbons (Fsp3) is 0.273. The van der Waals surface area contributed by atoms with Crippen molar-refractivity contribution in [3.63, 3.8) is 0 Å². The Labute approximate surface area is 112 Å². The average molecular weight is 280 g/mol. The Kier molecular flexibility index (Phi) is 4.24. The van der Waals surface area contributed by atoms with E-state index in [-0.39, 0.29) is 18.1 Å². The van der Waals surface area contributed by atoms with E-state index in [1.165, 1.54) is 21.4 Å². The van der Waals surface area contributed by atoms with Gasteiger partial charge in [-0.05, 0) is 6.07 Å². The Morgan fingerprint density at radius 1 is 1.47 bits per heavy atom. The molecule has 0 atom stereocenters. The lowest BCUT2D eigenvalue weighted by Gasteiger charge is -2.03. The average Bonchev–Trinajstić information content (AvgIpc) is 3.00. The first-order chi connectivity index (χ1) is 9.15. The van der Waals surface area contributed by atoms with Gasteiger partial charge >= 0.3 is 5.97 Å². The van der Waals surface area contributed by atoms with Crippen LogP contribution >= 0.6 is 11.3 Å². The smallest absolute Gasteiger partial charge is 0.355 e. The zero-order valence-electron chi connectivity index (χ0n) is 9.94. The van der Waals surface area contributed by atoms with Crippen molar-refractivity contribution in [2.75, 3.05) is 6.54 Å². The monoisotopic (exact) mass is 280 g/mol. The van der Waals surface area contributed by atoms with Crippen LogP contribution in [0.15, 0.2) is 23.8 Å². The minimum Gasteiger partial charge on any atom is -0.476 e. The molecule has 0 unspecified atom stereocenters. The molecule has 0 aliphatic carbocycles. The van der Waals surface area contributed by atoms with E-state index in [1.54, 1.807) is 18.5 Å². The molecule has 8 heteroatoms. The van der Waals surface area contributed by atoms with E-state index in [4.69, 9.17) is 5.11 Å². The number of carboxylic acids is 1. The summed E-state index contributed by atoms with van der Waals surface area (Å²) in [5.74, 6) is -1.18. The fourth-order valence-electron chi connectivity index (χ4n) is 1.43. The Bertz CT molecular complexity index is 564. The molecule has 2 rings (SSSR count). The highest BCUT2D eigenvalue weighted by Gasteiger charge is 2.08. The lowest BCUT2D eigenvalue weighted by Crippen LogP contribution is -2.29. The SMILES string of the molecule is O=C(Cn1cccn1)NCCc1nc(C(=O)O)cs1. The number of hydrogen-bond donors (Lipinski definition) is 2. The molecule has 19 heavy (non-hydrogen) atoms. The molecule has 2 heterocycles. The van der Waals surface area contributed by atoms with E-state index in [1.807, 2.05) is 0 Å². The largest absolute Gasteiger partial charge is 0.476 e. The number of carboxylic acid groups (broad SMARTS) is 1. The molecule has 7 nitrogen and oxygen atoms in total. The summed E-state index contributed by atoms with van der Waals surface area (Å²) in [6.07, 6.45) is 3.83. The second-order valence-corrected chi connectivity index (χ2v) is 4.68. The van der Waals surface area contributed by atoms with Crippen LogP contribution in [0.5, 0.6) is 0 Å².